The van der Waals surface area contributed by atoms with E-state index in [0.29, 0.717) is 12.8 Å². The molecule has 10 heavy (non-hydrogen) atoms. The molecule has 1 amide bonds. The summed E-state index contributed by atoms with van der Waals surface area (Å²) >= 11 is 0. The van der Waals surface area contributed by atoms with Gasteiger partial charge in [0.25, 0.3) is 5.91 Å². The fourth-order valence-corrected chi connectivity index (χ4v) is 1.42. The monoisotopic (exact) mass is 143 g/mol. The average Bonchev–Trinajstić information content (AvgIpc) is 2.36. The molecule has 0 unspecified atom stereocenters. The number of carbonyl (C=O) groups is 1. The molecule has 2 N–H and O–H groups in total. The van der Waals surface area contributed by atoms with Crippen molar-refractivity contribution in [3.05, 3.63) is 0 Å². The Kier molecular flexibility index (Phi) is 1.94. The first-order valence-corrected chi connectivity index (χ1v) is 3.63. The molecule has 0 heterocycles. The largest absolute Gasteiger partial charge is 0.380 e. The van der Waals surface area contributed by atoms with E-state index in [9.17, 15) is 9.90 Å². The number of nitrogens with one attached hydrogen (secondary N) is 1. The molecule has 3 nitrogen and oxygen atoms in total. The molecule has 1 fully saturated rings. The third kappa shape index (κ3) is 1.14. The second-order valence-electron chi connectivity index (χ2n) is 2.82. The van der Waals surface area contributed by atoms with Gasteiger partial charge in [-0.2, -0.15) is 0 Å². The molecule has 0 bridgehead atoms. The van der Waals surface area contributed by atoms with Gasteiger partial charge in [0.05, 0.1) is 0 Å². The van der Waals surface area contributed by atoms with E-state index in [1.807, 2.05) is 0 Å². The molecule has 0 spiro atoms. The van der Waals surface area contributed by atoms with E-state index in [1.54, 1.807) is 7.05 Å². The van der Waals surface area contributed by atoms with Crippen LogP contribution in [-0.4, -0.2) is 23.7 Å². The highest BCUT2D eigenvalue weighted by atomic mass is 16.3. The molecule has 0 aromatic rings. The van der Waals surface area contributed by atoms with Crippen LogP contribution in [-0.2, 0) is 4.79 Å². The van der Waals surface area contributed by atoms with Crippen molar-refractivity contribution >= 4 is 5.91 Å². The molecule has 0 saturated heterocycles. The zero-order chi connectivity index (χ0) is 7.61. The van der Waals surface area contributed by atoms with E-state index in [0.717, 1.165) is 12.8 Å². The Labute approximate surface area is 60.4 Å². The Balaban J connectivity index is 2.58. The Morgan fingerprint density at radius 3 is 2.40 bits per heavy atom. The lowest BCUT2D eigenvalue weighted by atomic mass is 10.0. The smallest absolute Gasteiger partial charge is 0.251 e. The summed E-state index contributed by atoms with van der Waals surface area (Å²) in [4.78, 5) is 11.0. The van der Waals surface area contributed by atoms with Gasteiger partial charge in [0, 0.05) is 7.05 Å². The summed E-state index contributed by atoms with van der Waals surface area (Å²) in [5.41, 5.74) is -1.05. The lowest BCUT2D eigenvalue weighted by Gasteiger charge is -2.18. The number of amides is 1. The third-order valence-corrected chi connectivity index (χ3v) is 2.08. The number of carbonyl (C=O) groups excluding carboxylic acids is 1. The van der Waals surface area contributed by atoms with Crippen molar-refractivity contribution < 1.29 is 9.90 Å². The molecular weight excluding hydrogens is 130 g/mol. The normalized spacial score (nSPS) is 22.6. The standard InChI is InChI=1S/C7H13NO2/c1-8-6(9)7(10)4-2-3-5-7/h10H,2-5H2,1H3,(H,8,9). The third-order valence-electron chi connectivity index (χ3n) is 2.08. The maximum Gasteiger partial charge on any atom is 0.251 e. The summed E-state index contributed by atoms with van der Waals surface area (Å²) in [5, 5.41) is 12.0. The summed E-state index contributed by atoms with van der Waals surface area (Å²) < 4.78 is 0. The molecule has 3 heteroatoms. The van der Waals surface area contributed by atoms with Crippen LogP contribution >= 0.6 is 0 Å². The Morgan fingerprint density at radius 1 is 1.50 bits per heavy atom. The van der Waals surface area contributed by atoms with E-state index < -0.39 is 5.60 Å². The van der Waals surface area contributed by atoms with Crippen molar-refractivity contribution in [2.24, 2.45) is 0 Å². The fraction of sp³-hybridized carbons (Fsp3) is 0.857. The van der Waals surface area contributed by atoms with Crippen molar-refractivity contribution in [3.63, 3.8) is 0 Å². The van der Waals surface area contributed by atoms with Crippen molar-refractivity contribution in [3.8, 4) is 0 Å². The van der Waals surface area contributed by atoms with Gasteiger partial charge in [-0.1, -0.05) is 0 Å². The number of hydrogen-bond acceptors (Lipinski definition) is 2. The number of likely N-dealkylation sites (N-methyl/N-ethyl adjacent to an activating group) is 1. The molecule has 1 rings (SSSR count). The van der Waals surface area contributed by atoms with Crippen LogP contribution in [0.15, 0.2) is 0 Å². The van der Waals surface area contributed by atoms with Gasteiger partial charge in [0.2, 0.25) is 0 Å². The lowest BCUT2D eigenvalue weighted by Crippen LogP contribution is -2.42. The van der Waals surface area contributed by atoms with E-state index in [1.165, 1.54) is 0 Å². The second-order valence-corrected chi connectivity index (χ2v) is 2.82. The van der Waals surface area contributed by atoms with E-state index in [4.69, 9.17) is 0 Å². The molecule has 1 aliphatic rings. The van der Waals surface area contributed by atoms with Crippen molar-refractivity contribution in [1.82, 2.24) is 5.32 Å². The highest BCUT2D eigenvalue weighted by molar-refractivity contribution is 5.84. The van der Waals surface area contributed by atoms with Gasteiger partial charge in [-0.25, -0.2) is 0 Å². The molecule has 0 atom stereocenters. The van der Waals surface area contributed by atoms with Gasteiger partial charge in [-0.3, -0.25) is 4.79 Å². The maximum atomic E-state index is 11.0. The van der Waals surface area contributed by atoms with E-state index >= 15 is 0 Å². The van der Waals surface area contributed by atoms with Gasteiger partial charge in [-0.05, 0) is 25.7 Å². The molecule has 1 saturated carbocycles. The first-order chi connectivity index (χ1) is 4.69. The van der Waals surface area contributed by atoms with Crippen LogP contribution in [0.25, 0.3) is 0 Å². The summed E-state index contributed by atoms with van der Waals surface area (Å²) in [7, 11) is 1.55. The fourth-order valence-electron chi connectivity index (χ4n) is 1.42. The summed E-state index contributed by atoms with van der Waals surface area (Å²) in [5.74, 6) is -0.231. The van der Waals surface area contributed by atoms with Crippen LogP contribution in [0.4, 0.5) is 0 Å². The maximum absolute atomic E-state index is 11.0. The topological polar surface area (TPSA) is 49.3 Å². The predicted octanol–water partition coefficient (Wildman–Crippen LogP) is 0.0375. The predicted molar refractivity (Wildman–Crippen MR) is 37.5 cm³/mol. The highest BCUT2D eigenvalue weighted by Gasteiger charge is 2.37. The van der Waals surface area contributed by atoms with Crippen molar-refractivity contribution in [2.45, 2.75) is 31.3 Å². The van der Waals surface area contributed by atoms with Crippen LogP contribution in [0.5, 0.6) is 0 Å². The molecule has 0 aromatic carbocycles. The molecule has 0 aromatic heterocycles. The molecule has 0 radical (unpaired) electrons. The second kappa shape index (κ2) is 2.58. The summed E-state index contributed by atoms with van der Waals surface area (Å²) in [6.07, 6.45) is 3.16. The van der Waals surface area contributed by atoms with Crippen LogP contribution in [0.2, 0.25) is 0 Å². The molecule has 1 aliphatic carbocycles. The first kappa shape index (κ1) is 7.54. The molecule has 0 aliphatic heterocycles. The average molecular weight is 143 g/mol. The van der Waals surface area contributed by atoms with Crippen LogP contribution in [0, 0.1) is 0 Å². The number of hydrogen-bond donors (Lipinski definition) is 2. The minimum Gasteiger partial charge on any atom is -0.380 e. The first-order valence-electron chi connectivity index (χ1n) is 3.63. The molecular formula is C7H13NO2. The SMILES string of the molecule is CNC(=O)C1(O)CCCC1. The molecule has 58 valence electrons. The zero-order valence-corrected chi connectivity index (χ0v) is 6.18. The van der Waals surface area contributed by atoms with Gasteiger partial charge < -0.3 is 10.4 Å². The van der Waals surface area contributed by atoms with Gasteiger partial charge in [-0.15, -0.1) is 0 Å². The van der Waals surface area contributed by atoms with Crippen molar-refractivity contribution in [2.75, 3.05) is 7.05 Å². The van der Waals surface area contributed by atoms with Crippen LogP contribution in [0.1, 0.15) is 25.7 Å². The number of rotatable bonds is 1. The zero-order valence-electron chi connectivity index (χ0n) is 6.18. The summed E-state index contributed by atoms with van der Waals surface area (Å²) in [6, 6.07) is 0. The van der Waals surface area contributed by atoms with Gasteiger partial charge in [0.15, 0.2) is 0 Å². The Hall–Kier alpha value is -0.570. The van der Waals surface area contributed by atoms with E-state index in [-0.39, 0.29) is 5.91 Å². The van der Waals surface area contributed by atoms with Crippen molar-refractivity contribution in [1.29, 1.82) is 0 Å². The van der Waals surface area contributed by atoms with E-state index in [2.05, 4.69) is 5.32 Å². The number of aliphatic hydroxyl groups is 1. The highest BCUT2D eigenvalue weighted by Crippen LogP contribution is 2.29. The van der Waals surface area contributed by atoms with Gasteiger partial charge >= 0.3 is 0 Å². The Morgan fingerprint density at radius 2 is 2.00 bits per heavy atom. The quantitative estimate of drug-likeness (QED) is 0.544. The lowest BCUT2D eigenvalue weighted by molar-refractivity contribution is -0.138. The van der Waals surface area contributed by atoms with Crippen LogP contribution < -0.4 is 5.32 Å². The van der Waals surface area contributed by atoms with Crippen LogP contribution in [0.3, 0.4) is 0 Å². The minimum absolute atomic E-state index is 0.231. The Bertz CT molecular complexity index is 139. The minimum atomic E-state index is -1.05. The van der Waals surface area contributed by atoms with Gasteiger partial charge in [0.1, 0.15) is 5.60 Å². The summed E-state index contributed by atoms with van der Waals surface area (Å²) in [6.45, 7) is 0.